The third kappa shape index (κ3) is 4.06. The highest BCUT2D eigenvalue weighted by Gasteiger charge is 2.22. The van der Waals surface area contributed by atoms with E-state index in [2.05, 4.69) is 35.7 Å². The summed E-state index contributed by atoms with van der Waals surface area (Å²) < 4.78 is 29.9. The van der Waals surface area contributed by atoms with E-state index < -0.39 is 16.1 Å². The number of aromatic nitrogens is 4. The summed E-state index contributed by atoms with van der Waals surface area (Å²) in [6.07, 6.45) is 4.47. The third-order valence-electron chi connectivity index (χ3n) is 3.47. The zero-order valence-electron chi connectivity index (χ0n) is 13.0. The first kappa shape index (κ1) is 18.0. The second-order valence-electron chi connectivity index (χ2n) is 5.22. The molecule has 2 heterocycles. The lowest BCUT2D eigenvalue weighted by Gasteiger charge is -2.15. The van der Waals surface area contributed by atoms with E-state index in [9.17, 15) is 8.42 Å². The van der Waals surface area contributed by atoms with Crippen LogP contribution in [0.2, 0.25) is 5.15 Å². The molecule has 0 amide bonds. The van der Waals surface area contributed by atoms with Gasteiger partial charge in [-0.05, 0) is 46.6 Å². The van der Waals surface area contributed by atoms with Crippen LogP contribution in [0.15, 0.2) is 58.6 Å². The molecule has 1 aromatic carbocycles. The van der Waals surface area contributed by atoms with Gasteiger partial charge < -0.3 is 0 Å². The van der Waals surface area contributed by atoms with Crippen molar-refractivity contribution in [2.45, 2.75) is 17.9 Å². The second-order valence-corrected chi connectivity index (χ2v) is 8.17. The molecule has 2 aromatic heterocycles. The summed E-state index contributed by atoms with van der Waals surface area (Å²) in [7, 11) is -3.82. The van der Waals surface area contributed by atoms with Crippen molar-refractivity contribution in [3.05, 3.63) is 64.4 Å². The third-order valence-corrected chi connectivity index (χ3v) is 5.87. The van der Waals surface area contributed by atoms with Crippen LogP contribution in [0.1, 0.15) is 18.5 Å². The molecule has 25 heavy (non-hydrogen) atoms. The first-order valence-corrected chi connectivity index (χ1v) is 9.80. The van der Waals surface area contributed by atoms with Gasteiger partial charge in [-0.1, -0.05) is 23.7 Å². The van der Waals surface area contributed by atoms with Gasteiger partial charge in [0, 0.05) is 16.7 Å². The minimum atomic E-state index is -3.82. The van der Waals surface area contributed by atoms with Crippen molar-refractivity contribution in [1.82, 2.24) is 24.5 Å². The minimum absolute atomic E-state index is 0.0744. The van der Waals surface area contributed by atoms with E-state index >= 15 is 0 Å². The summed E-state index contributed by atoms with van der Waals surface area (Å²) in [5.74, 6) is 0. The van der Waals surface area contributed by atoms with Gasteiger partial charge in [0.2, 0.25) is 10.0 Å². The van der Waals surface area contributed by atoms with Crippen molar-refractivity contribution in [3.8, 4) is 5.69 Å². The second kappa shape index (κ2) is 7.20. The topological polar surface area (TPSA) is 89.8 Å². The van der Waals surface area contributed by atoms with E-state index in [1.165, 1.54) is 18.6 Å². The van der Waals surface area contributed by atoms with E-state index in [1.807, 2.05) is 24.3 Å². The minimum Gasteiger partial charge on any atom is -0.242 e. The summed E-state index contributed by atoms with van der Waals surface area (Å²) >= 11 is 9.12. The number of hydrogen-bond acceptors (Lipinski definition) is 5. The molecule has 0 spiro atoms. The molecule has 0 aliphatic carbocycles. The van der Waals surface area contributed by atoms with Crippen LogP contribution in [0.4, 0.5) is 0 Å². The van der Waals surface area contributed by atoms with Crippen LogP contribution >= 0.6 is 27.5 Å². The fourth-order valence-corrected chi connectivity index (χ4v) is 4.39. The molecule has 0 bridgehead atoms. The van der Waals surface area contributed by atoms with Gasteiger partial charge in [-0.3, -0.25) is 0 Å². The van der Waals surface area contributed by atoms with E-state index in [0.717, 1.165) is 11.3 Å². The van der Waals surface area contributed by atoms with Crippen LogP contribution in [0.3, 0.4) is 0 Å². The van der Waals surface area contributed by atoms with Crippen LogP contribution in [0.25, 0.3) is 5.69 Å². The van der Waals surface area contributed by atoms with E-state index in [4.69, 9.17) is 11.6 Å². The van der Waals surface area contributed by atoms with Crippen molar-refractivity contribution in [1.29, 1.82) is 0 Å². The Morgan fingerprint density at radius 2 is 2.00 bits per heavy atom. The highest BCUT2D eigenvalue weighted by Crippen LogP contribution is 2.25. The Hall–Kier alpha value is -1.81. The fourth-order valence-electron chi connectivity index (χ4n) is 2.21. The van der Waals surface area contributed by atoms with Crippen molar-refractivity contribution < 1.29 is 8.42 Å². The number of pyridine rings is 1. The molecular weight excluding hydrogens is 430 g/mol. The average Bonchev–Trinajstić information content (AvgIpc) is 3.11. The maximum Gasteiger partial charge on any atom is 0.244 e. The quantitative estimate of drug-likeness (QED) is 0.613. The average molecular weight is 443 g/mol. The first-order chi connectivity index (χ1) is 11.9. The first-order valence-electron chi connectivity index (χ1n) is 7.15. The van der Waals surface area contributed by atoms with Crippen molar-refractivity contribution >= 4 is 37.6 Å². The molecule has 0 aliphatic heterocycles. The van der Waals surface area contributed by atoms with Gasteiger partial charge in [0.05, 0.1) is 5.69 Å². The summed E-state index contributed by atoms with van der Waals surface area (Å²) in [5, 5.41) is 3.97. The number of nitrogens with zero attached hydrogens (tertiary/aromatic N) is 4. The lowest BCUT2D eigenvalue weighted by atomic mass is 10.1. The number of halogens is 2. The van der Waals surface area contributed by atoms with Crippen LogP contribution in [0.5, 0.6) is 0 Å². The van der Waals surface area contributed by atoms with Gasteiger partial charge in [0.25, 0.3) is 0 Å². The Labute approximate surface area is 158 Å². The predicted molar refractivity (Wildman–Crippen MR) is 97.0 cm³/mol. The van der Waals surface area contributed by atoms with E-state index in [1.54, 1.807) is 17.9 Å². The lowest BCUT2D eigenvalue weighted by molar-refractivity contribution is 0.566. The summed E-state index contributed by atoms with van der Waals surface area (Å²) in [4.78, 5) is 7.67. The number of sulfonamides is 1. The Bertz CT molecular complexity index is 978. The molecule has 3 rings (SSSR count). The fraction of sp³-hybridized carbons (Fsp3) is 0.133. The Morgan fingerprint density at radius 3 is 2.64 bits per heavy atom. The van der Waals surface area contributed by atoms with E-state index in [0.29, 0.717) is 4.47 Å². The van der Waals surface area contributed by atoms with Gasteiger partial charge in [0.15, 0.2) is 0 Å². The normalized spacial score (nSPS) is 12.9. The standard InChI is InChI=1S/C15H13BrClN5O2S/c1-10(11-2-4-13(5-3-11)22-9-18-8-20-22)21-25(23,24)14-6-12(16)7-19-15(14)17/h2-10,21H,1H3. The number of benzene rings is 1. The molecule has 0 radical (unpaired) electrons. The highest BCUT2D eigenvalue weighted by atomic mass is 79.9. The van der Waals surface area contributed by atoms with Crippen molar-refractivity contribution in [3.63, 3.8) is 0 Å². The number of rotatable bonds is 5. The van der Waals surface area contributed by atoms with Crippen LogP contribution in [-0.4, -0.2) is 28.2 Å². The zero-order valence-corrected chi connectivity index (χ0v) is 16.1. The molecule has 0 aliphatic rings. The molecular formula is C15H13BrClN5O2S. The molecule has 3 aromatic rings. The summed E-state index contributed by atoms with van der Waals surface area (Å²) in [5.41, 5.74) is 1.63. The van der Waals surface area contributed by atoms with E-state index in [-0.39, 0.29) is 10.0 Å². The molecule has 0 saturated heterocycles. The van der Waals surface area contributed by atoms with Crippen LogP contribution in [-0.2, 0) is 10.0 Å². The van der Waals surface area contributed by atoms with Crippen LogP contribution in [0, 0.1) is 0 Å². The van der Waals surface area contributed by atoms with Gasteiger partial charge in [0.1, 0.15) is 22.7 Å². The monoisotopic (exact) mass is 441 g/mol. The SMILES string of the molecule is CC(NS(=O)(=O)c1cc(Br)cnc1Cl)c1ccc(-n2cncn2)cc1. The molecule has 1 atom stereocenters. The zero-order chi connectivity index (χ0) is 18.0. The molecule has 0 fully saturated rings. The Morgan fingerprint density at radius 1 is 1.28 bits per heavy atom. The Balaban J connectivity index is 1.81. The van der Waals surface area contributed by atoms with Gasteiger partial charge in [-0.25, -0.2) is 27.8 Å². The van der Waals surface area contributed by atoms with Gasteiger partial charge >= 0.3 is 0 Å². The summed E-state index contributed by atoms with van der Waals surface area (Å²) in [6.45, 7) is 1.75. The van der Waals surface area contributed by atoms with Gasteiger partial charge in [-0.15, -0.1) is 0 Å². The maximum absolute atomic E-state index is 12.6. The molecule has 10 heteroatoms. The molecule has 7 nitrogen and oxygen atoms in total. The van der Waals surface area contributed by atoms with Gasteiger partial charge in [-0.2, -0.15) is 5.10 Å². The molecule has 130 valence electrons. The molecule has 0 saturated carbocycles. The lowest BCUT2D eigenvalue weighted by Crippen LogP contribution is -2.27. The summed E-state index contributed by atoms with van der Waals surface area (Å²) in [6, 6.07) is 8.28. The smallest absolute Gasteiger partial charge is 0.242 e. The number of nitrogens with one attached hydrogen (secondary N) is 1. The van der Waals surface area contributed by atoms with Crippen LogP contribution < -0.4 is 4.72 Å². The maximum atomic E-state index is 12.6. The molecule has 1 N–H and O–H groups in total. The molecule has 1 unspecified atom stereocenters. The highest BCUT2D eigenvalue weighted by molar-refractivity contribution is 9.10. The Kier molecular flexibility index (Phi) is 5.19. The van der Waals surface area contributed by atoms with Crippen molar-refractivity contribution in [2.75, 3.05) is 0 Å². The largest absolute Gasteiger partial charge is 0.244 e. The van der Waals surface area contributed by atoms with Crippen molar-refractivity contribution in [2.24, 2.45) is 0 Å². The predicted octanol–water partition coefficient (Wildman–Crippen LogP) is 3.12. The number of hydrogen-bond donors (Lipinski definition) is 1.